The van der Waals surface area contributed by atoms with Crippen molar-refractivity contribution >= 4 is 11.8 Å². The second-order valence-corrected chi connectivity index (χ2v) is 4.87. The SMILES string of the molecule is OCCCSc1nncn1CCc1ccccn1. The molecule has 6 heteroatoms. The molecule has 1 N–H and O–H groups in total. The van der Waals surface area contributed by atoms with E-state index < -0.39 is 0 Å². The molecule has 0 amide bonds. The minimum absolute atomic E-state index is 0.217. The second-order valence-electron chi connectivity index (χ2n) is 3.80. The van der Waals surface area contributed by atoms with Gasteiger partial charge in [-0.3, -0.25) is 4.98 Å². The van der Waals surface area contributed by atoms with Crippen molar-refractivity contribution in [3.63, 3.8) is 0 Å². The van der Waals surface area contributed by atoms with E-state index in [9.17, 15) is 0 Å². The van der Waals surface area contributed by atoms with Gasteiger partial charge in [-0.05, 0) is 18.6 Å². The summed E-state index contributed by atoms with van der Waals surface area (Å²) in [5.74, 6) is 0.860. The van der Waals surface area contributed by atoms with Crippen molar-refractivity contribution in [1.82, 2.24) is 19.7 Å². The molecule has 5 nitrogen and oxygen atoms in total. The van der Waals surface area contributed by atoms with Crippen LogP contribution in [0.2, 0.25) is 0 Å². The Morgan fingerprint density at radius 3 is 3.06 bits per heavy atom. The summed E-state index contributed by atoms with van der Waals surface area (Å²) in [4.78, 5) is 4.29. The first-order valence-corrected chi connectivity index (χ1v) is 6.90. The molecule has 0 atom stereocenters. The molecule has 0 spiro atoms. The summed E-state index contributed by atoms with van der Waals surface area (Å²) in [5, 5.41) is 17.7. The summed E-state index contributed by atoms with van der Waals surface area (Å²) in [6.07, 6.45) is 5.19. The number of rotatable bonds is 7. The molecule has 2 aromatic rings. The number of hydrogen-bond donors (Lipinski definition) is 1. The number of aliphatic hydroxyl groups is 1. The number of pyridine rings is 1. The third-order valence-corrected chi connectivity index (χ3v) is 3.52. The van der Waals surface area contributed by atoms with E-state index in [-0.39, 0.29) is 6.61 Å². The second kappa shape index (κ2) is 7.13. The molecule has 2 rings (SSSR count). The Bertz CT molecular complexity index is 460. The van der Waals surface area contributed by atoms with Gasteiger partial charge < -0.3 is 9.67 Å². The van der Waals surface area contributed by atoms with Gasteiger partial charge in [-0.1, -0.05) is 17.8 Å². The van der Waals surface area contributed by atoms with E-state index >= 15 is 0 Å². The Balaban J connectivity index is 1.87. The number of aromatic nitrogens is 4. The van der Waals surface area contributed by atoms with Crippen LogP contribution < -0.4 is 0 Å². The molecular formula is C12H16N4OS. The zero-order valence-corrected chi connectivity index (χ0v) is 10.9. The van der Waals surface area contributed by atoms with Gasteiger partial charge in [0.05, 0.1) is 0 Å². The van der Waals surface area contributed by atoms with Gasteiger partial charge in [0.15, 0.2) is 5.16 Å². The molecule has 0 aliphatic carbocycles. The Labute approximate surface area is 110 Å². The first-order valence-electron chi connectivity index (χ1n) is 5.91. The van der Waals surface area contributed by atoms with Crippen LogP contribution in [0.15, 0.2) is 35.9 Å². The average Bonchev–Trinajstić information content (AvgIpc) is 2.86. The van der Waals surface area contributed by atoms with Gasteiger partial charge in [0.1, 0.15) is 6.33 Å². The summed E-state index contributed by atoms with van der Waals surface area (Å²) in [6, 6.07) is 5.92. The zero-order chi connectivity index (χ0) is 12.6. The van der Waals surface area contributed by atoms with Crippen LogP contribution in [0, 0.1) is 0 Å². The maximum Gasteiger partial charge on any atom is 0.191 e. The lowest BCUT2D eigenvalue weighted by atomic mass is 10.3. The van der Waals surface area contributed by atoms with Crippen LogP contribution >= 0.6 is 11.8 Å². The molecule has 0 saturated heterocycles. The molecule has 96 valence electrons. The van der Waals surface area contributed by atoms with Crippen LogP contribution in [0.5, 0.6) is 0 Å². The number of aliphatic hydroxyl groups excluding tert-OH is 1. The van der Waals surface area contributed by atoms with Gasteiger partial charge in [-0.25, -0.2) is 0 Å². The smallest absolute Gasteiger partial charge is 0.191 e. The van der Waals surface area contributed by atoms with E-state index in [4.69, 9.17) is 5.11 Å². The van der Waals surface area contributed by atoms with Crippen molar-refractivity contribution in [2.75, 3.05) is 12.4 Å². The predicted octanol–water partition coefficient (Wildman–Crippen LogP) is 1.39. The maximum atomic E-state index is 8.75. The Hall–Kier alpha value is -1.40. The molecule has 0 aliphatic heterocycles. The lowest BCUT2D eigenvalue weighted by molar-refractivity contribution is 0.296. The Kier molecular flexibility index (Phi) is 5.16. The third-order valence-electron chi connectivity index (χ3n) is 2.45. The van der Waals surface area contributed by atoms with Gasteiger partial charge in [-0.2, -0.15) is 0 Å². The molecule has 0 fully saturated rings. The van der Waals surface area contributed by atoms with Gasteiger partial charge >= 0.3 is 0 Å². The summed E-state index contributed by atoms with van der Waals surface area (Å²) in [6.45, 7) is 1.04. The highest BCUT2D eigenvalue weighted by Crippen LogP contribution is 2.15. The van der Waals surface area contributed by atoms with Gasteiger partial charge in [0.25, 0.3) is 0 Å². The van der Waals surface area contributed by atoms with E-state index in [0.29, 0.717) is 0 Å². The molecular weight excluding hydrogens is 248 g/mol. The molecule has 0 saturated carbocycles. The molecule has 0 aliphatic rings. The first-order chi connectivity index (χ1) is 8.90. The molecule has 0 bridgehead atoms. The van der Waals surface area contributed by atoms with Crippen molar-refractivity contribution < 1.29 is 5.11 Å². The van der Waals surface area contributed by atoms with Crippen molar-refractivity contribution in [3.8, 4) is 0 Å². The summed E-state index contributed by atoms with van der Waals surface area (Å²) in [5.41, 5.74) is 1.07. The fourth-order valence-electron chi connectivity index (χ4n) is 1.52. The average molecular weight is 264 g/mol. The first kappa shape index (κ1) is 13.0. The lowest BCUT2D eigenvalue weighted by Crippen LogP contribution is -2.03. The molecule has 0 aromatic carbocycles. The number of hydrogen-bond acceptors (Lipinski definition) is 5. The van der Waals surface area contributed by atoms with Crippen LogP contribution in [0.4, 0.5) is 0 Å². The Morgan fingerprint density at radius 1 is 1.33 bits per heavy atom. The fraction of sp³-hybridized carbons (Fsp3) is 0.417. The lowest BCUT2D eigenvalue weighted by Gasteiger charge is -2.05. The van der Waals surface area contributed by atoms with E-state index in [1.807, 2.05) is 22.8 Å². The molecule has 0 unspecified atom stereocenters. The largest absolute Gasteiger partial charge is 0.396 e. The van der Waals surface area contributed by atoms with Crippen LogP contribution in [-0.4, -0.2) is 37.2 Å². The number of aryl methyl sites for hydroxylation is 2. The predicted molar refractivity (Wildman–Crippen MR) is 70.4 cm³/mol. The molecule has 0 radical (unpaired) electrons. The van der Waals surface area contributed by atoms with Crippen LogP contribution in [0.3, 0.4) is 0 Å². The highest BCUT2D eigenvalue weighted by atomic mass is 32.2. The van der Waals surface area contributed by atoms with Crippen LogP contribution in [0.25, 0.3) is 0 Å². The third kappa shape index (κ3) is 3.82. The monoisotopic (exact) mass is 264 g/mol. The van der Waals surface area contributed by atoms with Gasteiger partial charge in [0.2, 0.25) is 0 Å². The summed E-state index contributed by atoms with van der Waals surface area (Å²) >= 11 is 1.62. The fourth-order valence-corrected chi connectivity index (χ4v) is 2.38. The van der Waals surface area contributed by atoms with Crippen molar-refractivity contribution in [3.05, 3.63) is 36.4 Å². The molecule has 18 heavy (non-hydrogen) atoms. The van der Waals surface area contributed by atoms with Crippen LogP contribution in [-0.2, 0) is 13.0 Å². The highest BCUT2D eigenvalue weighted by molar-refractivity contribution is 7.99. The topological polar surface area (TPSA) is 63.8 Å². The quantitative estimate of drug-likeness (QED) is 0.605. The van der Waals surface area contributed by atoms with E-state index in [1.54, 1.807) is 24.3 Å². The summed E-state index contributed by atoms with van der Waals surface area (Å²) in [7, 11) is 0. The van der Waals surface area contributed by atoms with Gasteiger partial charge in [0, 0.05) is 37.2 Å². The highest BCUT2D eigenvalue weighted by Gasteiger charge is 2.05. The van der Waals surface area contributed by atoms with Crippen molar-refractivity contribution in [1.29, 1.82) is 0 Å². The van der Waals surface area contributed by atoms with Crippen molar-refractivity contribution in [2.45, 2.75) is 24.5 Å². The minimum atomic E-state index is 0.217. The number of nitrogens with zero attached hydrogens (tertiary/aromatic N) is 4. The van der Waals surface area contributed by atoms with Gasteiger partial charge in [-0.15, -0.1) is 10.2 Å². The van der Waals surface area contributed by atoms with E-state index in [0.717, 1.165) is 36.0 Å². The van der Waals surface area contributed by atoms with E-state index in [1.165, 1.54) is 0 Å². The van der Waals surface area contributed by atoms with Crippen LogP contribution in [0.1, 0.15) is 12.1 Å². The molecule has 2 heterocycles. The summed E-state index contributed by atoms with van der Waals surface area (Å²) < 4.78 is 2.02. The maximum absolute atomic E-state index is 8.75. The standard InChI is InChI=1S/C12H16N4OS/c17-8-3-9-18-12-15-14-10-16(12)7-5-11-4-1-2-6-13-11/h1-2,4,6,10,17H,3,5,7-9H2. The molecule has 2 aromatic heterocycles. The number of thioether (sulfide) groups is 1. The van der Waals surface area contributed by atoms with E-state index in [2.05, 4.69) is 15.2 Å². The zero-order valence-electron chi connectivity index (χ0n) is 10.1. The minimum Gasteiger partial charge on any atom is -0.396 e. The normalized spacial score (nSPS) is 10.7. The van der Waals surface area contributed by atoms with Crippen molar-refractivity contribution in [2.24, 2.45) is 0 Å². The Morgan fingerprint density at radius 2 is 2.28 bits per heavy atom.